The van der Waals surface area contributed by atoms with E-state index in [0.717, 1.165) is 51.0 Å². The van der Waals surface area contributed by atoms with Gasteiger partial charge in [0.25, 0.3) is 0 Å². The molecule has 1 N–H and O–H groups in total. The Hall–Kier alpha value is -0.590. The number of hydrogen-bond acceptors (Lipinski definition) is 3. The zero-order valence-electron chi connectivity index (χ0n) is 12.7. The van der Waals surface area contributed by atoms with E-state index in [2.05, 4.69) is 31.9 Å². The van der Waals surface area contributed by atoms with E-state index < -0.39 is 11.0 Å². The smallest absolute Gasteiger partial charge is 0.0959 e. The second-order valence-corrected chi connectivity index (χ2v) is 7.15. The highest BCUT2D eigenvalue weighted by Crippen LogP contribution is 2.50. The molecular weight excluding hydrogens is 236 g/mol. The van der Waals surface area contributed by atoms with Crippen molar-refractivity contribution >= 4 is 0 Å². The molecule has 19 heavy (non-hydrogen) atoms. The van der Waals surface area contributed by atoms with Gasteiger partial charge in [0.15, 0.2) is 0 Å². The molecule has 108 valence electrons. The molecule has 0 bridgehead atoms. The Morgan fingerprint density at radius 1 is 1.26 bits per heavy atom. The lowest BCUT2D eigenvalue weighted by Gasteiger charge is -2.50. The fourth-order valence-electron chi connectivity index (χ4n) is 4.12. The molecular formula is C16H28N2O. The van der Waals surface area contributed by atoms with Crippen molar-refractivity contribution in [2.24, 2.45) is 17.3 Å². The fourth-order valence-corrected chi connectivity index (χ4v) is 4.12. The van der Waals surface area contributed by atoms with Crippen LogP contribution in [-0.4, -0.2) is 35.7 Å². The van der Waals surface area contributed by atoms with Gasteiger partial charge in [0.05, 0.1) is 17.1 Å². The number of piperidine rings is 1. The Kier molecular flexibility index (Phi) is 4.23. The van der Waals surface area contributed by atoms with Crippen LogP contribution >= 0.6 is 0 Å². The molecule has 1 heterocycles. The lowest BCUT2D eigenvalue weighted by Crippen LogP contribution is -2.58. The van der Waals surface area contributed by atoms with Gasteiger partial charge in [0, 0.05) is 6.54 Å². The number of nitriles is 1. The molecule has 1 unspecified atom stereocenters. The van der Waals surface area contributed by atoms with Gasteiger partial charge in [-0.05, 0) is 64.0 Å². The molecule has 0 aromatic rings. The maximum Gasteiger partial charge on any atom is 0.0959 e. The molecule has 1 saturated carbocycles. The topological polar surface area (TPSA) is 47.3 Å². The molecule has 1 aliphatic heterocycles. The molecule has 1 saturated heterocycles. The summed E-state index contributed by atoms with van der Waals surface area (Å²) in [5, 5.41) is 20.8. The Balaban J connectivity index is 2.14. The molecule has 2 aliphatic rings. The van der Waals surface area contributed by atoms with Gasteiger partial charge in [-0.3, -0.25) is 0 Å². The van der Waals surface area contributed by atoms with Crippen LogP contribution in [0.25, 0.3) is 0 Å². The van der Waals surface area contributed by atoms with Crippen LogP contribution in [0, 0.1) is 28.6 Å². The molecule has 0 radical (unpaired) electrons. The van der Waals surface area contributed by atoms with Crippen molar-refractivity contribution in [3.05, 3.63) is 0 Å². The van der Waals surface area contributed by atoms with Gasteiger partial charge in [0.1, 0.15) is 0 Å². The van der Waals surface area contributed by atoms with Gasteiger partial charge >= 0.3 is 0 Å². The van der Waals surface area contributed by atoms with E-state index in [0.29, 0.717) is 12.5 Å². The predicted molar refractivity (Wildman–Crippen MR) is 76.5 cm³/mol. The largest absolute Gasteiger partial charge is 0.387 e. The van der Waals surface area contributed by atoms with E-state index in [1.807, 2.05) is 0 Å². The minimum atomic E-state index is -0.795. The number of β-amino-alcohol motifs (C(OH)–C–C–N with tert-alkyl or cyclic N) is 1. The average Bonchev–Trinajstić information content (AvgIpc) is 2.38. The van der Waals surface area contributed by atoms with Gasteiger partial charge < -0.3 is 10.0 Å². The molecule has 0 aromatic carbocycles. The van der Waals surface area contributed by atoms with Crippen LogP contribution < -0.4 is 0 Å². The third kappa shape index (κ3) is 2.66. The van der Waals surface area contributed by atoms with Crippen LogP contribution in [-0.2, 0) is 0 Å². The Morgan fingerprint density at radius 2 is 1.89 bits per heavy atom. The van der Waals surface area contributed by atoms with Gasteiger partial charge in [-0.2, -0.15) is 5.26 Å². The van der Waals surface area contributed by atoms with Crippen molar-refractivity contribution in [1.29, 1.82) is 5.26 Å². The minimum absolute atomic E-state index is 0.507. The van der Waals surface area contributed by atoms with Crippen molar-refractivity contribution in [2.75, 3.05) is 20.1 Å². The number of hydrogen-bond donors (Lipinski definition) is 1. The van der Waals surface area contributed by atoms with Crippen LogP contribution in [0.3, 0.4) is 0 Å². The first-order chi connectivity index (χ1) is 8.92. The summed E-state index contributed by atoms with van der Waals surface area (Å²) in [6.45, 7) is 6.24. The fraction of sp³-hybridized carbons (Fsp3) is 0.938. The van der Waals surface area contributed by atoms with Crippen molar-refractivity contribution in [2.45, 2.75) is 58.0 Å². The minimum Gasteiger partial charge on any atom is -0.387 e. The number of rotatable bonds is 2. The van der Waals surface area contributed by atoms with Gasteiger partial charge in [-0.15, -0.1) is 0 Å². The highest BCUT2D eigenvalue weighted by atomic mass is 16.3. The molecule has 0 aromatic heterocycles. The van der Waals surface area contributed by atoms with Crippen molar-refractivity contribution in [1.82, 2.24) is 4.90 Å². The van der Waals surface area contributed by atoms with Crippen molar-refractivity contribution in [3.8, 4) is 6.07 Å². The molecule has 1 atom stereocenters. The quantitative estimate of drug-likeness (QED) is 0.834. The van der Waals surface area contributed by atoms with Crippen molar-refractivity contribution in [3.63, 3.8) is 0 Å². The molecule has 3 nitrogen and oxygen atoms in total. The Morgan fingerprint density at radius 3 is 2.37 bits per heavy atom. The maximum absolute atomic E-state index is 11.1. The monoisotopic (exact) mass is 264 g/mol. The highest BCUT2D eigenvalue weighted by Gasteiger charge is 2.53. The molecule has 1 aliphatic carbocycles. The van der Waals surface area contributed by atoms with Crippen LogP contribution in [0.4, 0.5) is 0 Å². The zero-order valence-corrected chi connectivity index (χ0v) is 12.7. The first kappa shape index (κ1) is 14.8. The maximum atomic E-state index is 11.1. The second kappa shape index (κ2) is 5.42. The third-order valence-electron chi connectivity index (χ3n) is 5.59. The van der Waals surface area contributed by atoms with Gasteiger partial charge in [-0.25, -0.2) is 0 Å². The van der Waals surface area contributed by atoms with E-state index in [9.17, 15) is 10.4 Å². The lowest BCUT2D eigenvalue weighted by atomic mass is 9.59. The van der Waals surface area contributed by atoms with Crippen LogP contribution in [0.1, 0.15) is 52.4 Å². The Bertz CT molecular complexity index is 352. The van der Waals surface area contributed by atoms with Crippen molar-refractivity contribution < 1.29 is 5.11 Å². The first-order valence-electron chi connectivity index (χ1n) is 7.75. The first-order valence-corrected chi connectivity index (χ1v) is 7.75. The predicted octanol–water partition coefficient (Wildman–Crippen LogP) is 2.80. The summed E-state index contributed by atoms with van der Waals surface area (Å²) in [6.07, 6.45) is 5.73. The van der Waals surface area contributed by atoms with E-state index in [-0.39, 0.29) is 0 Å². The Labute approximate surface area is 117 Å². The number of likely N-dealkylation sites (tertiary alicyclic amines) is 1. The van der Waals surface area contributed by atoms with Gasteiger partial charge in [-0.1, -0.05) is 13.8 Å². The van der Waals surface area contributed by atoms with Crippen LogP contribution in [0.15, 0.2) is 0 Å². The summed E-state index contributed by atoms with van der Waals surface area (Å²) >= 11 is 0. The van der Waals surface area contributed by atoms with E-state index in [4.69, 9.17) is 0 Å². The van der Waals surface area contributed by atoms with E-state index >= 15 is 0 Å². The standard InChI is InChI=1S/C16H28N2O/c1-13(2)14-5-8-15(11-17,9-6-14)16(19)7-4-10-18(3)12-16/h13-14,19H,4-10,12H2,1-3H3. The van der Waals surface area contributed by atoms with Crippen LogP contribution in [0.2, 0.25) is 0 Å². The van der Waals surface area contributed by atoms with E-state index in [1.165, 1.54) is 0 Å². The number of likely N-dealkylation sites (N-methyl/N-ethyl adjacent to an activating group) is 1. The SMILES string of the molecule is CC(C)C1CCC(C#N)(C2(O)CCCN(C)C2)CC1. The third-order valence-corrected chi connectivity index (χ3v) is 5.59. The normalized spacial score (nSPS) is 41.2. The summed E-state index contributed by atoms with van der Waals surface area (Å²) < 4.78 is 0. The molecule has 2 rings (SSSR count). The summed E-state index contributed by atoms with van der Waals surface area (Å²) in [5.74, 6) is 1.42. The molecule has 2 fully saturated rings. The molecule has 3 heteroatoms. The zero-order chi connectivity index (χ0) is 14.1. The van der Waals surface area contributed by atoms with E-state index in [1.54, 1.807) is 0 Å². The molecule has 0 spiro atoms. The highest BCUT2D eigenvalue weighted by molar-refractivity contribution is 5.14. The number of aliphatic hydroxyl groups is 1. The van der Waals surface area contributed by atoms with Gasteiger partial charge in [0.2, 0.25) is 0 Å². The number of nitrogens with zero attached hydrogens (tertiary/aromatic N) is 2. The lowest BCUT2D eigenvalue weighted by molar-refractivity contribution is -0.117. The second-order valence-electron chi connectivity index (χ2n) is 7.15. The average molecular weight is 264 g/mol. The summed E-state index contributed by atoms with van der Waals surface area (Å²) in [4.78, 5) is 2.18. The van der Waals surface area contributed by atoms with Crippen LogP contribution in [0.5, 0.6) is 0 Å². The summed E-state index contributed by atoms with van der Waals surface area (Å²) in [7, 11) is 2.05. The molecule has 0 amide bonds. The summed E-state index contributed by atoms with van der Waals surface area (Å²) in [5.41, 5.74) is -1.30. The summed E-state index contributed by atoms with van der Waals surface area (Å²) in [6, 6.07) is 2.53.